The van der Waals surface area contributed by atoms with E-state index in [4.69, 9.17) is 9.84 Å². The topological polar surface area (TPSA) is 75.6 Å². The van der Waals surface area contributed by atoms with Crippen LogP contribution in [-0.2, 0) is 11.3 Å². The van der Waals surface area contributed by atoms with Crippen LogP contribution in [0.1, 0.15) is 27.0 Å². The van der Waals surface area contributed by atoms with Gasteiger partial charge in [0.15, 0.2) is 0 Å². The number of carboxylic acids is 1. The van der Waals surface area contributed by atoms with Crippen molar-refractivity contribution in [3.8, 4) is 0 Å². The van der Waals surface area contributed by atoms with Gasteiger partial charge in [0.25, 0.3) is 0 Å². The molecule has 1 amide bonds. The van der Waals surface area contributed by atoms with Gasteiger partial charge in [-0.1, -0.05) is 48.6 Å². The molecule has 0 saturated carbocycles. The molecule has 124 valence electrons. The zero-order valence-electron chi connectivity index (χ0n) is 13.4. The minimum absolute atomic E-state index is 0.228. The molecule has 0 aliphatic heterocycles. The third-order valence-corrected chi connectivity index (χ3v) is 3.39. The van der Waals surface area contributed by atoms with Crippen molar-refractivity contribution in [3.05, 3.63) is 76.9 Å². The zero-order chi connectivity index (χ0) is 17.4. The summed E-state index contributed by atoms with van der Waals surface area (Å²) in [6.45, 7) is 2.40. The quantitative estimate of drug-likeness (QED) is 0.850. The van der Waals surface area contributed by atoms with Crippen LogP contribution in [0.3, 0.4) is 0 Å². The monoisotopic (exact) mass is 325 g/mol. The largest absolute Gasteiger partial charge is 0.478 e. The summed E-state index contributed by atoms with van der Waals surface area (Å²) < 4.78 is 5.10. The number of hydrogen-bond acceptors (Lipinski definition) is 3. The Morgan fingerprint density at radius 2 is 1.92 bits per heavy atom. The SMILES string of the molecule is Cc1cc(C(=O)O)ccc1C=CCNC(=O)OCc1ccccc1. The van der Waals surface area contributed by atoms with Gasteiger partial charge in [-0.15, -0.1) is 0 Å². The van der Waals surface area contributed by atoms with E-state index in [1.807, 2.05) is 43.3 Å². The van der Waals surface area contributed by atoms with Gasteiger partial charge in [0.2, 0.25) is 0 Å². The molecule has 0 saturated heterocycles. The summed E-state index contributed by atoms with van der Waals surface area (Å²) in [4.78, 5) is 22.5. The molecular weight excluding hydrogens is 306 g/mol. The van der Waals surface area contributed by atoms with Crippen molar-refractivity contribution in [1.82, 2.24) is 5.32 Å². The van der Waals surface area contributed by atoms with Crippen LogP contribution in [0.4, 0.5) is 4.79 Å². The zero-order valence-corrected chi connectivity index (χ0v) is 13.4. The number of rotatable bonds is 6. The van der Waals surface area contributed by atoms with Crippen LogP contribution in [0, 0.1) is 6.92 Å². The fraction of sp³-hybridized carbons (Fsp3) is 0.158. The molecule has 24 heavy (non-hydrogen) atoms. The summed E-state index contributed by atoms with van der Waals surface area (Å²) in [6.07, 6.45) is 3.13. The third-order valence-electron chi connectivity index (χ3n) is 3.39. The van der Waals surface area contributed by atoms with E-state index in [1.165, 1.54) is 0 Å². The number of alkyl carbamates (subject to hydrolysis) is 1. The number of nitrogens with one attached hydrogen (secondary N) is 1. The molecule has 0 bridgehead atoms. The number of aromatic carboxylic acids is 1. The Morgan fingerprint density at radius 3 is 2.58 bits per heavy atom. The average molecular weight is 325 g/mol. The molecule has 0 aliphatic rings. The number of carbonyl (C=O) groups is 2. The predicted octanol–water partition coefficient (Wildman–Crippen LogP) is 3.63. The smallest absolute Gasteiger partial charge is 0.407 e. The van der Waals surface area contributed by atoms with Crippen LogP contribution in [0.25, 0.3) is 6.08 Å². The van der Waals surface area contributed by atoms with E-state index in [2.05, 4.69) is 5.32 Å². The van der Waals surface area contributed by atoms with Gasteiger partial charge < -0.3 is 15.2 Å². The lowest BCUT2D eigenvalue weighted by atomic mass is 10.0. The minimum Gasteiger partial charge on any atom is -0.478 e. The summed E-state index contributed by atoms with van der Waals surface area (Å²) in [6, 6.07) is 14.4. The van der Waals surface area contributed by atoms with E-state index in [-0.39, 0.29) is 12.2 Å². The van der Waals surface area contributed by atoms with E-state index in [0.29, 0.717) is 6.54 Å². The van der Waals surface area contributed by atoms with Gasteiger partial charge in [-0.2, -0.15) is 0 Å². The second-order valence-corrected chi connectivity index (χ2v) is 5.22. The lowest BCUT2D eigenvalue weighted by Crippen LogP contribution is -2.24. The first kappa shape index (κ1) is 17.3. The van der Waals surface area contributed by atoms with Gasteiger partial charge in [0, 0.05) is 6.54 Å². The lowest BCUT2D eigenvalue weighted by molar-refractivity contribution is 0.0696. The molecular formula is C19H19NO4. The number of carbonyl (C=O) groups excluding carboxylic acids is 1. The fourth-order valence-corrected chi connectivity index (χ4v) is 2.10. The predicted molar refractivity (Wildman–Crippen MR) is 91.8 cm³/mol. The number of ether oxygens (including phenoxy) is 1. The molecule has 0 aromatic heterocycles. The van der Waals surface area contributed by atoms with Crippen LogP contribution < -0.4 is 5.32 Å². The van der Waals surface area contributed by atoms with Crippen molar-refractivity contribution in [3.63, 3.8) is 0 Å². The molecule has 0 heterocycles. The van der Waals surface area contributed by atoms with Crippen LogP contribution >= 0.6 is 0 Å². The number of amides is 1. The highest BCUT2D eigenvalue weighted by atomic mass is 16.5. The Labute approximate surface area is 140 Å². The summed E-state index contributed by atoms with van der Waals surface area (Å²) in [5.74, 6) is -0.948. The second kappa shape index (κ2) is 8.53. The van der Waals surface area contributed by atoms with E-state index < -0.39 is 12.1 Å². The van der Waals surface area contributed by atoms with Crippen molar-refractivity contribution in [2.24, 2.45) is 0 Å². The molecule has 0 atom stereocenters. The summed E-state index contributed by atoms with van der Waals surface area (Å²) >= 11 is 0. The number of benzene rings is 2. The van der Waals surface area contributed by atoms with E-state index >= 15 is 0 Å². The Balaban J connectivity index is 1.78. The van der Waals surface area contributed by atoms with Crippen LogP contribution in [0.2, 0.25) is 0 Å². The van der Waals surface area contributed by atoms with Gasteiger partial charge >= 0.3 is 12.1 Å². The minimum atomic E-state index is -0.948. The maximum Gasteiger partial charge on any atom is 0.407 e. The molecule has 0 radical (unpaired) electrons. The maximum atomic E-state index is 11.6. The molecule has 2 aromatic carbocycles. The second-order valence-electron chi connectivity index (χ2n) is 5.22. The number of aryl methyl sites for hydroxylation is 1. The summed E-state index contributed by atoms with van der Waals surface area (Å²) in [5.41, 5.74) is 2.95. The molecule has 2 rings (SSSR count). The Bertz CT molecular complexity index is 738. The normalized spacial score (nSPS) is 10.5. The first-order valence-electron chi connectivity index (χ1n) is 7.51. The maximum absolute atomic E-state index is 11.6. The first-order chi connectivity index (χ1) is 11.6. The van der Waals surface area contributed by atoms with Gasteiger partial charge in [0.05, 0.1) is 5.56 Å². The molecule has 2 N–H and O–H groups in total. The Kier molecular flexibility index (Phi) is 6.14. The van der Waals surface area contributed by atoms with E-state index in [0.717, 1.165) is 16.7 Å². The molecule has 2 aromatic rings. The highest BCUT2D eigenvalue weighted by Gasteiger charge is 2.04. The lowest BCUT2D eigenvalue weighted by Gasteiger charge is -2.05. The van der Waals surface area contributed by atoms with Crippen molar-refractivity contribution >= 4 is 18.1 Å². The fourth-order valence-electron chi connectivity index (χ4n) is 2.10. The molecule has 5 nitrogen and oxygen atoms in total. The van der Waals surface area contributed by atoms with Gasteiger partial charge in [0.1, 0.15) is 6.61 Å². The molecule has 0 fully saturated rings. The van der Waals surface area contributed by atoms with Crippen molar-refractivity contribution in [2.75, 3.05) is 6.54 Å². The van der Waals surface area contributed by atoms with E-state index in [1.54, 1.807) is 24.3 Å². The number of hydrogen-bond donors (Lipinski definition) is 2. The standard InChI is InChI=1S/C19H19NO4/c1-14-12-17(18(21)22)10-9-16(14)8-5-11-20-19(23)24-13-15-6-3-2-4-7-15/h2-10,12H,11,13H2,1H3,(H,20,23)(H,21,22). The van der Waals surface area contributed by atoms with Gasteiger partial charge in [-0.25, -0.2) is 9.59 Å². The Hall–Kier alpha value is -3.08. The van der Waals surface area contributed by atoms with Crippen molar-refractivity contribution in [1.29, 1.82) is 0 Å². The summed E-state index contributed by atoms with van der Waals surface area (Å²) in [7, 11) is 0. The Morgan fingerprint density at radius 1 is 1.17 bits per heavy atom. The first-order valence-corrected chi connectivity index (χ1v) is 7.51. The van der Waals surface area contributed by atoms with Gasteiger partial charge in [-0.3, -0.25) is 0 Å². The van der Waals surface area contributed by atoms with Crippen LogP contribution in [0.15, 0.2) is 54.6 Å². The third kappa shape index (κ3) is 5.28. The van der Waals surface area contributed by atoms with Crippen LogP contribution in [-0.4, -0.2) is 23.7 Å². The molecule has 0 aliphatic carbocycles. The average Bonchev–Trinajstić information content (AvgIpc) is 2.58. The highest BCUT2D eigenvalue weighted by molar-refractivity contribution is 5.88. The summed E-state index contributed by atoms with van der Waals surface area (Å²) in [5, 5.41) is 11.6. The molecule has 0 unspecified atom stereocenters. The molecule has 5 heteroatoms. The van der Waals surface area contributed by atoms with Crippen molar-refractivity contribution < 1.29 is 19.4 Å². The van der Waals surface area contributed by atoms with Crippen LogP contribution in [0.5, 0.6) is 0 Å². The van der Waals surface area contributed by atoms with Crippen molar-refractivity contribution in [2.45, 2.75) is 13.5 Å². The molecule has 0 spiro atoms. The highest BCUT2D eigenvalue weighted by Crippen LogP contribution is 2.12. The van der Waals surface area contributed by atoms with Gasteiger partial charge in [-0.05, 0) is 35.7 Å². The van der Waals surface area contributed by atoms with E-state index in [9.17, 15) is 9.59 Å². The number of carboxylic acid groups (broad SMARTS) is 1.